The fourth-order valence-electron chi connectivity index (χ4n) is 7.88. The molecule has 0 spiro atoms. The lowest BCUT2D eigenvalue weighted by molar-refractivity contribution is -0.870. The zero-order chi connectivity index (χ0) is 52.2. The van der Waals surface area contributed by atoms with Gasteiger partial charge in [-0.25, -0.2) is 0 Å². The fourth-order valence-corrected chi connectivity index (χ4v) is 8.60. The molecular weight excluding hydrogens is 904 g/mol. The van der Waals surface area contributed by atoms with Crippen LogP contribution in [-0.2, 0) is 27.9 Å². The summed E-state index contributed by atoms with van der Waals surface area (Å²) in [5.41, 5.74) is 0. The van der Waals surface area contributed by atoms with Gasteiger partial charge in [0.05, 0.1) is 33.8 Å². The van der Waals surface area contributed by atoms with Crippen molar-refractivity contribution in [2.75, 3.05) is 40.9 Å². The highest BCUT2D eigenvalue weighted by atomic mass is 31.2. The van der Waals surface area contributed by atoms with E-state index < -0.39 is 26.6 Å². The van der Waals surface area contributed by atoms with Crippen LogP contribution < -0.4 is 10.2 Å². The third-order valence-corrected chi connectivity index (χ3v) is 13.3. The van der Waals surface area contributed by atoms with Crippen LogP contribution in [-0.4, -0.2) is 69.4 Å². The van der Waals surface area contributed by atoms with Crippen molar-refractivity contribution in [3.05, 3.63) is 85.1 Å². The second-order valence-electron chi connectivity index (χ2n) is 20.5. The van der Waals surface area contributed by atoms with Crippen molar-refractivity contribution in [2.45, 2.75) is 251 Å². The number of phosphoric acid groups is 1. The summed E-state index contributed by atoms with van der Waals surface area (Å²) >= 11 is 0. The minimum Gasteiger partial charge on any atom is -0.756 e. The van der Waals surface area contributed by atoms with E-state index >= 15 is 0 Å². The van der Waals surface area contributed by atoms with Crippen LogP contribution in [0.4, 0.5) is 0 Å². The van der Waals surface area contributed by atoms with Gasteiger partial charge in [0.25, 0.3) is 7.82 Å². The maximum Gasteiger partial charge on any atom is 0.306 e. The monoisotopic (exact) mass is 1010 g/mol. The number of allylic oxidation sites excluding steroid dienone is 13. The first kappa shape index (κ1) is 68.2. The lowest BCUT2D eigenvalue weighted by Crippen LogP contribution is -2.47. The van der Waals surface area contributed by atoms with Crippen molar-refractivity contribution in [2.24, 2.45) is 0 Å². The Kier molecular flexibility index (Phi) is 48.7. The van der Waals surface area contributed by atoms with Gasteiger partial charge in [-0.15, -0.1) is 0 Å². The quantitative estimate of drug-likeness (QED) is 0.0161. The Labute approximate surface area is 437 Å². The van der Waals surface area contributed by atoms with Gasteiger partial charge in [0.2, 0.25) is 5.91 Å². The minimum absolute atomic E-state index is 0.0311. The predicted octanol–water partition coefficient (Wildman–Crippen LogP) is 16.8. The van der Waals surface area contributed by atoms with Crippen molar-refractivity contribution < 1.29 is 37.3 Å². The number of ether oxygens (including phenoxy) is 1. The van der Waals surface area contributed by atoms with Crippen molar-refractivity contribution in [1.82, 2.24) is 5.32 Å². The number of nitrogens with one attached hydrogen (secondary N) is 1. The summed E-state index contributed by atoms with van der Waals surface area (Å²) in [4.78, 5) is 39.8. The number of carbonyl (C=O) groups excluding carboxylic acids is 2. The summed E-state index contributed by atoms with van der Waals surface area (Å²) in [6, 6.07) is -0.903. The predicted molar refractivity (Wildman–Crippen MR) is 302 cm³/mol. The van der Waals surface area contributed by atoms with E-state index in [1.807, 2.05) is 39.4 Å². The molecule has 0 fully saturated rings. The SMILES string of the molecule is CC/C=C/C=C/C=C\CCCCCCCC(=O)OC(/C=C\CCCCCCCCCCC)C(COP(=O)([O-])OCC[N+](C)(C)C)NC(=O)CCCCCCCCCC/C=C\C/C=C\C/C=C\CCCCC. The second kappa shape index (κ2) is 50.7. The van der Waals surface area contributed by atoms with E-state index in [0.29, 0.717) is 23.9 Å². The zero-order valence-corrected chi connectivity index (χ0v) is 47.5. The molecule has 9 nitrogen and oxygen atoms in total. The molecule has 0 radical (unpaired) electrons. The fraction of sp³-hybridized carbons (Fsp3) is 0.738. The Bertz CT molecular complexity index is 1490. The molecule has 0 aromatic carbocycles. The largest absolute Gasteiger partial charge is 0.756 e. The average Bonchev–Trinajstić information content (AvgIpc) is 3.33. The normalized spacial score (nSPS) is 14.4. The molecule has 71 heavy (non-hydrogen) atoms. The van der Waals surface area contributed by atoms with Crippen LogP contribution in [0.3, 0.4) is 0 Å². The number of nitrogens with zero attached hydrogens (tertiary/aromatic N) is 1. The zero-order valence-electron chi connectivity index (χ0n) is 46.7. The first-order chi connectivity index (χ1) is 34.4. The molecule has 0 aliphatic heterocycles. The van der Waals surface area contributed by atoms with E-state index in [9.17, 15) is 19.0 Å². The third kappa shape index (κ3) is 51.9. The molecule has 3 atom stereocenters. The molecule has 0 saturated carbocycles. The standard InChI is InChI=1S/C61H109N2O7P/c1-7-10-13-16-19-22-25-27-28-29-30-31-32-33-34-36-38-41-44-47-50-53-60(64)62-58(57-69-71(66,67)68-56-55-63(4,5)6)59(52-49-46-43-40-37-24-21-18-15-12-9-3)70-61(65)54-51-48-45-42-39-35-26-23-20-17-14-11-8-2/h11,14,17,19-20,22-23,26-28,30-31,49,52,58-59H,7-10,12-13,15-16,18,21,24-25,29,32-48,50-51,53-57H2,1-6H3,(H-,62,64,66,67)/b14-11+,20-17+,22-19-,26-23-,28-27-,31-30-,52-49-. The van der Waals surface area contributed by atoms with Crippen LogP contribution in [0.15, 0.2) is 85.1 Å². The summed E-state index contributed by atoms with van der Waals surface area (Å²) in [5.74, 6) is -0.578. The number of rotatable bonds is 51. The highest BCUT2D eigenvalue weighted by Gasteiger charge is 2.27. The molecule has 0 aliphatic rings. The molecular formula is C61H109N2O7P. The van der Waals surface area contributed by atoms with Gasteiger partial charge in [-0.2, -0.15) is 0 Å². The first-order valence-corrected chi connectivity index (χ1v) is 30.4. The van der Waals surface area contributed by atoms with E-state index in [2.05, 4.69) is 92.9 Å². The molecule has 410 valence electrons. The molecule has 0 rings (SSSR count). The van der Waals surface area contributed by atoms with Crippen molar-refractivity contribution in [3.63, 3.8) is 0 Å². The third-order valence-electron chi connectivity index (χ3n) is 12.4. The summed E-state index contributed by atoms with van der Waals surface area (Å²) in [5, 5.41) is 3.01. The Morgan fingerprint density at radius 2 is 0.958 bits per heavy atom. The smallest absolute Gasteiger partial charge is 0.306 e. The molecule has 10 heteroatoms. The Morgan fingerprint density at radius 1 is 0.521 bits per heavy atom. The molecule has 1 N–H and O–H groups in total. The summed E-state index contributed by atoms with van der Waals surface area (Å²) < 4.78 is 30.2. The average molecular weight is 1010 g/mol. The molecule has 0 aromatic heterocycles. The number of likely N-dealkylation sites (N-methyl/N-ethyl adjacent to an activating group) is 1. The number of phosphoric ester groups is 1. The van der Waals surface area contributed by atoms with E-state index in [4.69, 9.17) is 13.8 Å². The number of amides is 1. The molecule has 0 saturated heterocycles. The molecule has 0 aliphatic carbocycles. The van der Waals surface area contributed by atoms with Gasteiger partial charge >= 0.3 is 5.97 Å². The second-order valence-corrected chi connectivity index (χ2v) is 21.9. The van der Waals surface area contributed by atoms with Gasteiger partial charge in [0.15, 0.2) is 0 Å². The number of unbranched alkanes of at least 4 members (excludes halogenated alkanes) is 25. The van der Waals surface area contributed by atoms with Crippen LogP contribution >= 0.6 is 7.82 Å². The Balaban J connectivity index is 5.28. The van der Waals surface area contributed by atoms with E-state index in [1.165, 1.54) is 96.3 Å². The lowest BCUT2D eigenvalue weighted by Gasteiger charge is -2.30. The molecule has 1 amide bonds. The van der Waals surface area contributed by atoms with Crippen LogP contribution in [0.1, 0.15) is 239 Å². The van der Waals surface area contributed by atoms with Gasteiger partial charge in [0, 0.05) is 12.8 Å². The number of esters is 1. The number of quaternary nitrogens is 1. The van der Waals surface area contributed by atoms with Crippen molar-refractivity contribution in [3.8, 4) is 0 Å². The van der Waals surface area contributed by atoms with Crippen LogP contribution in [0.2, 0.25) is 0 Å². The van der Waals surface area contributed by atoms with Crippen LogP contribution in [0.5, 0.6) is 0 Å². The Hall–Kier alpha value is -2.81. The summed E-state index contributed by atoms with van der Waals surface area (Å²) in [6.07, 6.45) is 65.5. The Morgan fingerprint density at radius 3 is 1.49 bits per heavy atom. The highest BCUT2D eigenvalue weighted by molar-refractivity contribution is 7.45. The number of carbonyl (C=O) groups is 2. The molecule has 3 unspecified atom stereocenters. The maximum absolute atomic E-state index is 13.5. The van der Waals surface area contributed by atoms with Gasteiger partial charge in [0.1, 0.15) is 19.3 Å². The van der Waals surface area contributed by atoms with Crippen LogP contribution in [0.25, 0.3) is 0 Å². The van der Waals surface area contributed by atoms with Crippen molar-refractivity contribution in [1.29, 1.82) is 0 Å². The maximum atomic E-state index is 13.5. The van der Waals surface area contributed by atoms with E-state index in [-0.39, 0.29) is 24.9 Å². The molecule has 0 bridgehead atoms. The van der Waals surface area contributed by atoms with Gasteiger partial charge in [-0.05, 0) is 89.5 Å². The van der Waals surface area contributed by atoms with E-state index in [0.717, 1.165) is 103 Å². The highest BCUT2D eigenvalue weighted by Crippen LogP contribution is 2.38. The minimum atomic E-state index is -4.70. The number of hydrogen-bond acceptors (Lipinski definition) is 7. The van der Waals surface area contributed by atoms with Crippen molar-refractivity contribution >= 4 is 19.7 Å². The summed E-state index contributed by atoms with van der Waals surface area (Å²) in [7, 11) is 1.16. The molecule has 0 aromatic rings. The van der Waals surface area contributed by atoms with Gasteiger partial charge in [-0.1, -0.05) is 222 Å². The molecule has 0 heterocycles. The van der Waals surface area contributed by atoms with E-state index in [1.54, 1.807) is 0 Å². The van der Waals surface area contributed by atoms with Gasteiger partial charge in [-0.3, -0.25) is 14.2 Å². The topological polar surface area (TPSA) is 114 Å². The van der Waals surface area contributed by atoms with Gasteiger partial charge < -0.3 is 28.5 Å². The lowest BCUT2D eigenvalue weighted by atomic mass is 10.0. The van der Waals surface area contributed by atoms with Crippen LogP contribution in [0, 0.1) is 0 Å². The summed E-state index contributed by atoms with van der Waals surface area (Å²) in [6.45, 7) is 6.64. The number of hydrogen-bond donors (Lipinski definition) is 1. The first-order valence-electron chi connectivity index (χ1n) is 28.9.